The van der Waals surface area contributed by atoms with Gasteiger partial charge in [-0.25, -0.2) is 0 Å². The monoisotopic (exact) mass is 356 g/mol. The first-order valence-corrected chi connectivity index (χ1v) is 8.80. The molecule has 2 fully saturated rings. The summed E-state index contributed by atoms with van der Waals surface area (Å²) in [5.74, 6) is -1.95. The molecule has 1 aliphatic carbocycles. The van der Waals surface area contributed by atoms with Crippen molar-refractivity contribution in [1.29, 1.82) is 0 Å². The van der Waals surface area contributed by atoms with Crippen molar-refractivity contribution in [2.75, 3.05) is 0 Å². The third-order valence-electron chi connectivity index (χ3n) is 5.44. The normalized spacial score (nSPS) is 28.0. The quantitative estimate of drug-likeness (QED) is 0.635. The van der Waals surface area contributed by atoms with Crippen molar-refractivity contribution in [3.05, 3.63) is 34.9 Å². The third-order valence-corrected chi connectivity index (χ3v) is 5.44. The van der Waals surface area contributed by atoms with Crippen LogP contribution < -0.4 is 16.4 Å². The van der Waals surface area contributed by atoms with Gasteiger partial charge in [0, 0.05) is 25.0 Å². The Hall–Kier alpha value is -2.58. The van der Waals surface area contributed by atoms with Crippen molar-refractivity contribution >= 4 is 23.6 Å². The molecule has 2 aliphatic heterocycles. The smallest absolute Gasteiger partial charge is 0.262 e. The number of carbonyl (C=O) groups excluding carboxylic acids is 4. The van der Waals surface area contributed by atoms with Crippen LogP contribution in [-0.4, -0.2) is 46.7 Å². The number of rotatable bonds is 4. The third kappa shape index (κ3) is 2.62. The van der Waals surface area contributed by atoms with Gasteiger partial charge >= 0.3 is 0 Å². The van der Waals surface area contributed by atoms with Crippen molar-refractivity contribution in [1.82, 2.24) is 15.5 Å². The maximum absolute atomic E-state index is 12.9. The van der Waals surface area contributed by atoms with Gasteiger partial charge < -0.3 is 11.1 Å². The molecule has 1 saturated carbocycles. The first kappa shape index (κ1) is 16.9. The van der Waals surface area contributed by atoms with E-state index >= 15 is 0 Å². The zero-order chi connectivity index (χ0) is 18.4. The number of amides is 4. The minimum absolute atomic E-state index is 0.109. The highest BCUT2D eigenvalue weighted by atomic mass is 16.2. The highest BCUT2D eigenvalue weighted by Gasteiger charge is 2.45. The summed E-state index contributed by atoms with van der Waals surface area (Å²) < 4.78 is 0. The average molecular weight is 356 g/mol. The number of carbonyl (C=O) groups is 4. The van der Waals surface area contributed by atoms with E-state index in [0.717, 1.165) is 23.3 Å². The fourth-order valence-electron chi connectivity index (χ4n) is 3.75. The van der Waals surface area contributed by atoms with Crippen molar-refractivity contribution < 1.29 is 19.2 Å². The Morgan fingerprint density at radius 1 is 1.12 bits per heavy atom. The molecule has 0 radical (unpaired) electrons. The van der Waals surface area contributed by atoms with E-state index < -0.39 is 23.8 Å². The molecule has 4 rings (SSSR count). The lowest BCUT2D eigenvalue weighted by Crippen LogP contribution is -2.54. The zero-order valence-electron chi connectivity index (χ0n) is 14.2. The fraction of sp³-hybridized carbons (Fsp3) is 0.444. The molecule has 4 N–H and O–H groups in total. The van der Waals surface area contributed by atoms with E-state index in [1.807, 2.05) is 0 Å². The first-order valence-electron chi connectivity index (χ1n) is 8.80. The van der Waals surface area contributed by atoms with Crippen LogP contribution in [0.4, 0.5) is 0 Å². The maximum Gasteiger partial charge on any atom is 0.262 e. The molecule has 1 aromatic carbocycles. The van der Waals surface area contributed by atoms with E-state index in [1.165, 1.54) is 0 Å². The van der Waals surface area contributed by atoms with Crippen molar-refractivity contribution in [2.45, 2.75) is 50.4 Å². The van der Waals surface area contributed by atoms with Crippen LogP contribution in [0, 0.1) is 0 Å². The van der Waals surface area contributed by atoms with E-state index in [2.05, 4.69) is 10.6 Å². The lowest BCUT2D eigenvalue weighted by atomic mass is 9.87. The zero-order valence-corrected chi connectivity index (χ0v) is 14.2. The Balaban J connectivity index is 1.58. The predicted molar refractivity (Wildman–Crippen MR) is 91.0 cm³/mol. The van der Waals surface area contributed by atoms with E-state index in [0.29, 0.717) is 17.7 Å². The summed E-state index contributed by atoms with van der Waals surface area (Å²) in [5.41, 5.74) is 7.29. The summed E-state index contributed by atoms with van der Waals surface area (Å²) in [7, 11) is 0. The second-order valence-corrected chi connectivity index (χ2v) is 7.02. The first-order chi connectivity index (χ1) is 12.5. The molecule has 2 heterocycles. The number of hydrogen-bond donors (Lipinski definition) is 3. The van der Waals surface area contributed by atoms with Crippen LogP contribution in [-0.2, 0) is 16.1 Å². The van der Waals surface area contributed by atoms with E-state index in [4.69, 9.17) is 5.73 Å². The second-order valence-electron chi connectivity index (χ2n) is 7.02. The van der Waals surface area contributed by atoms with Gasteiger partial charge in [0.2, 0.25) is 11.8 Å². The van der Waals surface area contributed by atoms with Crippen molar-refractivity contribution in [3.8, 4) is 0 Å². The summed E-state index contributed by atoms with van der Waals surface area (Å²) in [6, 6.07) is 4.51. The number of fused-ring (bicyclic) bond motifs is 1. The summed E-state index contributed by atoms with van der Waals surface area (Å²) in [6.07, 6.45) is 2.23. The summed E-state index contributed by atoms with van der Waals surface area (Å²) in [6.45, 7) is 0.434. The molecule has 8 heteroatoms. The fourth-order valence-corrected chi connectivity index (χ4v) is 3.75. The standard InChI is InChI=1S/C18H20N4O4/c19-11-4-5-12(11)20-8-9-2-1-3-10-15(9)18(26)22(17(10)25)13-6-7-14(23)21-16(13)24/h1-3,11-13,20H,4-8,19H2,(H,21,23,24). The van der Waals surface area contributed by atoms with Gasteiger partial charge in [0.1, 0.15) is 6.04 Å². The molecule has 3 atom stereocenters. The van der Waals surface area contributed by atoms with Gasteiger partial charge in [-0.15, -0.1) is 0 Å². The van der Waals surface area contributed by atoms with Crippen LogP contribution in [0.25, 0.3) is 0 Å². The molecule has 1 saturated heterocycles. The van der Waals surface area contributed by atoms with Crippen LogP contribution in [0.1, 0.15) is 52.0 Å². The van der Waals surface area contributed by atoms with Crippen LogP contribution in [0.5, 0.6) is 0 Å². The molecule has 0 spiro atoms. The van der Waals surface area contributed by atoms with Crippen LogP contribution in [0.3, 0.4) is 0 Å². The number of hydrogen-bond acceptors (Lipinski definition) is 6. The molecule has 3 aliphatic rings. The van der Waals surface area contributed by atoms with Gasteiger partial charge in [0.25, 0.3) is 11.8 Å². The molecule has 26 heavy (non-hydrogen) atoms. The predicted octanol–water partition coefficient (Wildman–Crippen LogP) is -0.333. The minimum atomic E-state index is -0.944. The van der Waals surface area contributed by atoms with Crippen LogP contribution in [0.2, 0.25) is 0 Å². The van der Waals surface area contributed by atoms with E-state index in [1.54, 1.807) is 18.2 Å². The summed E-state index contributed by atoms with van der Waals surface area (Å²) >= 11 is 0. The Bertz CT molecular complexity index is 821. The number of nitrogens with two attached hydrogens (primary N) is 1. The molecule has 136 valence electrons. The topological polar surface area (TPSA) is 122 Å². The molecule has 4 amide bonds. The molecule has 8 nitrogen and oxygen atoms in total. The number of benzene rings is 1. The highest BCUT2D eigenvalue weighted by Crippen LogP contribution is 2.30. The molecule has 1 aromatic rings. The minimum Gasteiger partial charge on any atom is -0.326 e. The Labute approximate surface area is 150 Å². The number of nitrogens with zero attached hydrogens (tertiary/aromatic N) is 1. The lowest BCUT2D eigenvalue weighted by Gasteiger charge is -2.34. The summed E-state index contributed by atoms with van der Waals surface area (Å²) in [4.78, 5) is 50.1. The second kappa shape index (κ2) is 6.30. The van der Waals surface area contributed by atoms with Gasteiger partial charge in [-0.1, -0.05) is 12.1 Å². The molecule has 3 unspecified atom stereocenters. The average Bonchev–Trinajstić information content (AvgIpc) is 2.86. The molecule has 0 bridgehead atoms. The summed E-state index contributed by atoms with van der Waals surface area (Å²) in [5, 5.41) is 5.53. The molecular weight excluding hydrogens is 336 g/mol. The number of nitrogens with one attached hydrogen (secondary N) is 2. The SMILES string of the molecule is NC1CCC1NCc1cccc2c1C(=O)N(C1CCC(=O)NC1=O)C2=O. The van der Waals surface area contributed by atoms with Crippen molar-refractivity contribution in [3.63, 3.8) is 0 Å². The lowest BCUT2D eigenvalue weighted by molar-refractivity contribution is -0.136. The van der Waals surface area contributed by atoms with Crippen molar-refractivity contribution in [2.24, 2.45) is 5.73 Å². The Morgan fingerprint density at radius 2 is 1.92 bits per heavy atom. The Morgan fingerprint density at radius 3 is 2.58 bits per heavy atom. The number of piperidine rings is 1. The van der Waals surface area contributed by atoms with E-state index in [-0.39, 0.29) is 30.8 Å². The van der Waals surface area contributed by atoms with Gasteiger partial charge in [0.15, 0.2) is 0 Å². The van der Waals surface area contributed by atoms with E-state index in [9.17, 15) is 19.2 Å². The van der Waals surface area contributed by atoms with Crippen LogP contribution >= 0.6 is 0 Å². The largest absolute Gasteiger partial charge is 0.326 e. The van der Waals surface area contributed by atoms with Gasteiger partial charge in [-0.2, -0.15) is 0 Å². The van der Waals surface area contributed by atoms with Gasteiger partial charge in [-0.05, 0) is 30.9 Å². The Kier molecular flexibility index (Phi) is 4.08. The van der Waals surface area contributed by atoms with Gasteiger partial charge in [-0.3, -0.25) is 29.4 Å². The highest BCUT2D eigenvalue weighted by molar-refractivity contribution is 6.24. The maximum atomic E-state index is 12.9. The number of imide groups is 2. The molecule has 0 aromatic heterocycles. The van der Waals surface area contributed by atoms with Crippen LogP contribution in [0.15, 0.2) is 18.2 Å². The molecular formula is C18H20N4O4. The van der Waals surface area contributed by atoms with Gasteiger partial charge in [0.05, 0.1) is 11.1 Å².